The molecule has 15 heavy (non-hydrogen) atoms. The molecule has 0 spiro atoms. The molecule has 0 fully saturated rings. The Morgan fingerprint density at radius 1 is 1.47 bits per heavy atom. The normalized spacial score (nSPS) is 20.9. The van der Waals surface area contributed by atoms with E-state index in [4.69, 9.17) is 9.47 Å². The van der Waals surface area contributed by atoms with Gasteiger partial charge in [-0.3, -0.25) is 0 Å². The Bertz CT molecular complexity index is 261. The quantitative estimate of drug-likeness (QED) is 0.720. The van der Waals surface area contributed by atoms with Crippen LogP contribution in [0.15, 0.2) is 11.5 Å². The molecule has 1 N–H and O–H groups in total. The monoisotopic (exact) mass is 213 g/mol. The zero-order valence-electron chi connectivity index (χ0n) is 9.63. The Labute approximate surface area is 90.6 Å². The summed E-state index contributed by atoms with van der Waals surface area (Å²) in [5.41, 5.74) is 0.636. The summed E-state index contributed by atoms with van der Waals surface area (Å²) in [4.78, 5) is 11.6. The van der Waals surface area contributed by atoms with Crippen molar-refractivity contribution >= 4 is 5.97 Å². The average Bonchev–Trinajstić information content (AvgIpc) is 2.18. The van der Waals surface area contributed by atoms with Crippen molar-refractivity contribution in [1.29, 1.82) is 0 Å². The van der Waals surface area contributed by atoms with Crippen LogP contribution in [0.2, 0.25) is 0 Å². The molecule has 0 unspecified atom stereocenters. The summed E-state index contributed by atoms with van der Waals surface area (Å²) in [5, 5.41) is 3.16. The number of esters is 1. The van der Waals surface area contributed by atoms with Crippen LogP contribution in [-0.2, 0) is 14.3 Å². The number of carbonyl (C=O) groups excluding carboxylic acids is 1. The van der Waals surface area contributed by atoms with Gasteiger partial charge in [0.2, 0.25) is 0 Å². The molecule has 0 radical (unpaired) electrons. The molecule has 0 saturated heterocycles. The molecule has 1 aliphatic rings. The summed E-state index contributed by atoms with van der Waals surface area (Å²) in [6.07, 6.45) is 1.66. The predicted molar refractivity (Wildman–Crippen MR) is 57.1 cm³/mol. The fraction of sp³-hybridized carbons (Fsp3) is 0.727. The lowest BCUT2D eigenvalue weighted by atomic mass is 10.0. The minimum absolute atomic E-state index is 0.264. The van der Waals surface area contributed by atoms with Gasteiger partial charge in [-0.25, -0.2) is 4.79 Å². The van der Waals surface area contributed by atoms with E-state index >= 15 is 0 Å². The van der Waals surface area contributed by atoms with Gasteiger partial charge < -0.3 is 14.8 Å². The zero-order valence-corrected chi connectivity index (χ0v) is 9.63. The van der Waals surface area contributed by atoms with Crippen molar-refractivity contribution in [3.63, 3.8) is 0 Å². The van der Waals surface area contributed by atoms with Crippen LogP contribution in [0.3, 0.4) is 0 Å². The molecule has 1 aliphatic heterocycles. The number of hydrogen-bond donors (Lipinski definition) is 1. The first-order valence-corrected chi connectivity index (χ1v) is 5.48. The van der Waals surface area contributed by atoms with Crippen LogP contribution in [0, 0.1) is 0 Å². The van der Waals surface area contributed by atoms with E-state index in [2.05, 4.69) is 12.2 Å². The second kappa shape index (κ2) is 5.63. The first-order valence-electron chi connectivity index (χ1n) is 5.48. The minimum atomic E-state index is -0.264. The van der Waals surface area contributed by atoms with Gasteiger partial charge in [-0.05, 0) is 33.6 Å². The van der Waals surface area contributed by atoms with Crippen molar-refractivity contribution < 1.29 is 14.3 Å². The van der Waals surface area contributed by atoms with Gasteiger partial charge in [0.05, 0.1) is 18.8 Å². The van der Waals surface area contributed by atoms with Gasteiger partial charge in [0, 0.05) is 6.04 Å². The van der Waals surface area contributed by atoms with E-state index in [1.807, 2.05) is 6.92 Å². The maximum atomic E-state index is 11.6. The lowest BCUT2D eigenvalue weighted by molar-refractivity contribution is -0.139. The molecule has 0 aromatic rings. The maximum Gasteiger partial charge on any atom is 0.339 e. The lowest BCUT2D eigenvalue weighted by Gasteiger charge is -2.25. The first kappa shape index (κ1) is 11.9. The summed E-state index contributed by atoms with van der Waals surface area (Å²) in [6.45, 7) is 6.73. The average molecular weight is 213 g/mol. The van der Waals surface area contributed by atoms with Crippen LogP contribution in [-0.4, -0.2) is 25.2 Å². The van der Waals surface area contributed by atoms with Gasteiger partial charge in [0.1, 0.15) is 0 Å². The molecular formula is C11H19NO3. The van der Waals surface area contributed by atoms with Crippen molar-refractivity contribution in [2.45, 2.75) is 39.7 Å². The van der Waals surface area contributed by atoms with Gasteiger partial charge >= 0.3 is 5.97 Å². The zero-order chi connectivity index (χ0) is 11.3. The fourth-order valence-corrected chi connectivity index (χ4v) is 1.54. The van der Waals surface area contributed by atoms with E-state index < -0.39 is 0 Å². The molecule has 0 bridgehead atoms. The molecule has 0 amide bonds. The predicted octanol–water partition coefficient (Wildman–Crippen LogP) is 1.57. The first-order chi connectivity index (χ1) is 7.19. The topological polar surface area (TPSA) is 47.6 Å². The van der Waals surface area contributed by atoms with E-state index in [-0.39, 0.29) is 5.97 Å². The summed E-state index contributed by atoms with van der Waals surface area (Å²) in [6, 6.07) is 0.352. The van der Waals surface area contributed by atoms with Gasteiger partial charge in [-0.1, -0.05) is 0 Å². The molecule has 0 saturated carbocycles. The van der Waals surface area contributed by atoms with E-state index in [1.54, 1.807) is 6.92 Å². The maximum absolute atomic E-state index is 11.6. The molecule has 1 heterocycles. The second-order valence-electron chi connectivity index (χ2n) is 3.55. The summed E-state index contributed by atoms with van der Waals surface area (Å²) in [7, 11) is 0. The van der Waals surface area contributed by atoms with Gasteiger partial charge in [0.25, 0.3) is 0 Å². The highest BCUT2D eigenvalue weighted by molar-refractivity contribution is 5.89. The number of carbonyl (C=O) groups is 1. The van der Waals surface area contributed by atoms with Crippen LogP contribution >= 0.6 is 0 Å². The van der Waals surface area contributed by atoms with Crippen molar-refractivity contribution in [3.8, 4) is 0 Å². The molecule has 86 valence electrons. The van der Waals surface area contributed by atoms with E-state index in [9.17, 15) is 4.79 Å². The third kappa shape index (κ3) is 3.15. The number of ether oxygens (including phenoxy) is 2. The molecule has 4 heteroatoms. The summed E-state index contributed by atoms with van der Waals surface area (Å²) in [5.74, 6) is 0.329. The molecule has 0 aromatic heterocycles. The molecule has 1 rings (SSSR count). The fourth-order valence-electron chi connectivity index (χ4n) is 1.54. The van der Waals surface area contributed by atoms with Crippen LogP contribution in [0.5, 0.6) is 0 Å². The van der Waals surface area contributed by atoms with Crippen LogP contribution < -0.4 is 5.32 Å². The highest BCUT2D eigenvalue weighted by Gasteiger charge is 2.24. The number of nitrogens with one attached hydrogen (secondary N) is 1. The van der Waals surface area contributed by atoms with Crippen LogP contribution in [0.4, 0.5) is 0 Å². The second-order valence-corrected chi connectivity index (χ2v) is 3.55. The molecule has 4 nitrogen and oxygen atoms in total. The smallest absolute Gasteiger partial charge is 0.339 e. The van der Waals surface area contributed by atoms with Crippen molar-refractivity contribution in [2.24, 2.45) is 0 Å². The Morgan fingerprint density at radius 3 is 2.80 bits per heavy atom. The van der Waals surface area contributed by atoms with E-state index in [0.29, 0.717) is 30.7 Å². The van der Waals surface area contributed by atoms with Gasteiger partial charge in [-0.15, -0.1) is 0 Å². The molecular weight excluding hydrogens is 194 g/mol. The molecule has 0 aliphatic carbocycles. The van der Waals surface area contributed by atoms with Crippen LogP contribution in [0.25, 0.3) is 0 Å². The minimum Gasteiger partial charge on any atom is -0.479 e. The summed E-state index contributed by atoms with van der Waals surface area (Å²) >= 11 is 0. The lowest BCUT2D eigenvalue weighted by Crippen LogP contribution is -2.34. The Balaban J connectivity index is 2.77. The van der Waals surface area contributed by atoms with Gasteiger partial charge in [0.15, 0.2) is 5.88 Å². The van der Waals surface area contributed by atoms with Crippen molar-refractivity contribution in [2.75, 3.05) is 13.2 Å². The number of rotatable bonds is 4. The molecule has 0 aromatic carbocycles. The largest absolute Gasteiger partial charge is 0.479 e. The molecule has 1 atom stereocenters. The van der Waals surface area contributed by atoms with Crippen LogP contribution in [0.1, 0.15) is 33.6 Å². The van der Waals surface area contributed by atoms with E-state index in [1.165, 1.54) is 0 Å². The van der Waals surface area contributed by atoms with E-state index in [0.717, 1.165) is 12.8 Å². The van der Waals surface area contributed by atoms with Gasteiger partial charge in [-0.2, -0.15) is 0 Å². The summed E-state index contributed by atoms with van der Waals surface area (Å²) < 4.78 is 10.4. The SMILES string of the molecule is CCOC(=O)C1=C(OCC)N[C@H](C)CC1. The highest BCUT2D eigenvalue weighted by atomic mass is 16.5. The third-order valence-corrected chi connectivity index (χ3v) is 2.29. The number of hydrogen-bond acceptors (Lipinski definition) is 4. The Hall–Kier alpha value is -1.19. The highest BCUT2D eigenvalue weighted by Crippen LogP contribution is 2.20. The Kier molecular flexibility index (Phi) is 4.46. The standard InChI is InChI=1S/C11H19NO3/c1-4-14-10-9(11(13)15-5-2)7-6-8(3)12-10/h8,12H,4-7H2,1-3H3/t8-/m1/s1. The third-order valence-electron chi connectivity index (χ3n) is 2.29. The van der Waals surface area contributed by atoms with Crippen molar-refractivity contribution in [1.82, 2.24) is 5.32 Å². The van der Waals surface area contributed by atoms with Crippen molar-refractivity contribution in [3.05, 3.63) is 11.5 Å². The Morgan fingerprint density at radius 2 is 2.20 bits per heavy atom.